The Balaban J connectivity index is 2.49. The van der Waals surface area contributed by atoms with E-state index in [9.17, 15) is 4.39 Å². The Morgan fingerprint density at radius 2 is 2.00 bits per heavy atom. The van der Waals surface area contributed by atoms with Gasteiger partial charge >= 0.3 is 0 Å². The van der Waals surface area contributed by atoms with Crippen molar-refractivity contribution >= 4 is 5.82 Å². The van der Waals surface area contributed by atoms with Crippen LogP contribution in [0.15, 0.2) is 36.7 Å². The number of rotatable bonds is 1. The van der Waals surface area contributed by atoms with Crippen LogP contribution in [0.5, 0.6) is 0 Å². The van der Waals surface area contributed by atoms with Crippen molar-refractivity contribution in [1.82, 2.24) is 9.97 Å². The second-order valence-corrected chi connectivity index (χ2v) is 2.84. The fourth-order valence-corrected chi connectivity index (χ4v) is 1.18. The molecule has 0 aliphatic heterocycles. The Bertz CT molecular complexity index is 413. The first-order valence-corrected chi connectivity index (χ1v) is 4.09. The largest absolute Gasteiger partial charge is 0.384 e. The summed E-state index contributed by atoms with van der Waals surface area (Å²) in [5.74, 6) is 0.0824. The van der Waals surface area contributed by atoms with E-state index in [1.807, 2.05) is 0 Å². The van der Waals surface area contributed by atoms with Crippen LogP contribution in [0, 0.1) is 5.82 Å². The first kappa shape index (κ1) is 8.62. The van der Waals surface area contributed by atoms with Crippen molar-refractivity contribution in [1.29, 1.82) is 0 Å². The van der Waals surface area contributed by atoms with Gasteiger partial charge in [0.15, 0.2) is 0 Å². The summed E-state index contributed by atoms with van der Waals surface area (Å²) >= 11 is 0. The minimum absolute atomic E-state index is 0.292. The summed E-state index contributed by atoms with van der Waals surface area (Å²) in [5, 5.41) is 0. The average Bonchev–Trinajstić information content (AvgIpc) is 2.18. The van der Waals surface area contributed by atoms with Crippen molar-refractivity contribution in [3.8, 4) is 11.3 Å². The molecule has 0 bridgehead atoms. The first-order valence-electron chi connectivity index (χ1n) is 4.09. The third-order valence-corrected chi connectivity index (χ3v) is 1.81. The van der Waals surface area contributed by atoms with Crippen LogP contribution in [0.25, 0.3) is 11.3 Å². The van der Waals surface area contributed by atoms with Gasteiger partial charge in [-0.15, -0.1) is 0 Å². The summed E-state index contributed by atoms with van der Waals surface area (Å²) in [7, 11) is 0. The van der Waals surface area contributed by atoms with Crippen LogP contribution < -0.4 is 5.73 Å². The molecule has 4 heteroatoms. The molecule has 0 fully saturated rings. The Labute approximate surface area is 80.4 Å². The number of aromatic nitrogens is 2. The maximum atomic E-state index is 12.9. The molecule has 3 nitrogen and oxygen atoms in total. The van der Waals surface area contributed by atoms with Crippen LogP contribution in [-0.2, 0) is 0 Å². The smallest absolute Gasteiger partial charge is 0.127 e. The van der Waals surface area contributed by atoms with Crippen molar-refractivity contribution in [3.63, 3.8) is 0 Å². The predicted octanol–water partition coefficient (Wildman–Crippen LogP) is 1.86. The van der Waals surface area contributed by atoms with E-state index in [1.165, 1.54) is 18.5 Å². The normalized spacial score (nSPS) is 10.1. The number of anilines is 1. The van der Waals surface area contributed by atoms with Gasteiger partial charge in [-0.3, -0.25) is 0 Å². The first-order chi connectivity index (χ1) is 6.75. The van der Waals surface area contributed by atoms with E-state index in [2.05, 4.69) is 9.97 Å². The molecule has 2 aromatic rings. The minimum atomic E-state index is -0.292. The Kier molecular flexibility index (Phi) is 2.10. The fourth-order valence-electron chi connectivity index (χ4n) is 1.18. The zero-order valence-electron chi connectivity index (χ0n) is 7.31. The molecule has 0 amide bonds. The molecule has 0 atom stereocenters. The molecular formula is C10H8FN3. The van der Waals surface area contributed by atoms with E-state index in [0.29, 0.717) is 17.1 Å². The monoisotopic (exact) mass is 189 g/mol. The van der Waals surface area contributed by atoms with E-state index in [4.69, 9.17) is 5.73 Å². The Morgan fingerprint density at radius 1 is 1.14 bits per heavy atom. The molecule has 2 rings (SSSR count). The van der Waals surface area contributed by atoms with E-state index in [-0.39, 0.29) is 5.82 Å². The lowest BCUT2D eigenvalue weighted by Gasteiger charge is -2.00. The van der Waals surface area contributed by atoms with E-state index >= 15 is 0 Å². The molecule has 0 aliphatic rings. The van der Waals surface area contributed by atoms with Gasteiger partial charge in [-0.1, -0.05) is 12.1 Å². The molecule has 0 radical (unpaired) electrons. The van der Waals surface area contributed by atoms with Crippen molar-refractivity contribution in [2.24, 2.45) is 0 Å². The lowest BCUT2D eigenvalue weighted by atomic mass is 10.1. The van der Waals surface area contributed by atoms with Gasteiger partial charge < -0.3 is 5.73 Å². The second-order valence-electron chi connectivity index (χ2n) is 2.84. The Morgan fingerprint density at radius 3 is 2.71 bits per heavy atom. The predicted molar refractivity (Wildman–Crippen MR) is 51.8 cm³/mol. The van der Waals surface area contributed by atoms with E-state index in [1.54, 1.807) is 18.2 Å². The molecule has 0 aliphatic carbocycles. The number of benzene rings is 1. The van der Waals surface area contributed by atoms with Gasteiger partial charge in [0.25, 0.3) is 0 Å². The van der Waals surface area contributed by atoms with E-state index in [0.717, 1.165) is 0 Å². The number of nitrogen functional groups attached to an aromatic ring is 1. The van der Waals surface area contributed by atoms with E-state index < -0.39 is 0 Å². The van der Waals surface area contributed by atoms with Crippen molar-refractivity contribution in [3.05, 3.63) is 42.5 Å². The zero-order valence-corrected chi connectivity index (χ0v) is 7.31. The van der Waals surface area contributed by atoms with Crippen LogP contribution >= 0.6 is 0 Å². The van der Waals surface area contributed by atoms with Crippen LogP contribution in [0.2, 0.25) is 0 Å². The average molecular weight is 189 g/mol. The molecule has 1 heterocycles. The fraction of sp³-hybridized carbons (Fsp3) is 0. The molecule has 0 saturated carbocycles. The molecular weight excluding hydrogens is 181 g/mol. The van der Waals surface area contributed by atoms with Crippen molar-refractivity contribution in [2.45, 2.75) is 0 Å². The maximum Gasteiger partial charge on any atom is 0.127 e. The lowest BCUT2D eigenvalue weighted by Crippen LogP contribution is -1.92. The Hall–Kier alpha value is -1.97. The number of nitrogens with two attached hydrogens (primary N) is 1. The lowest BCUT2D eigenvalue weighted by molar-refractivity contribution is 0.628. The van der Waals surface area contributed by atoms with Crippen LogP contribution in [-0.4, -0.2) is 9.97 Å². The number of halogens is 1. The number of hydrogen-bond acceptors (Lipinski definition) is 3. The highest BCUT2D eigenvalue weighted by atomic mass is 19.1. The van der Waals surface area contributed by atoms with Crippen LogP contribution in [0.3, 0.4) is 0 Å². The number of nitrogens with zero attached hydrogens (tertiary/aromatic N) is 2. The summed E-state index contributed by atoms with van der Waals surface area (Å²) < 4.78 is 12.9. The second kappa shape index (κ2) is 3.41. The summed E-state index contributed by atoms with van der Waals surface area (Å²) in [6, 6.07) is 7.79. The molecule has 1 aromatic heterocycles. The van der Waals surface area contributed by atoms with Gasteiger partial charge in [-0.25, -0.2) is 14.4 Å². The summed E-state index contributed by atoms with van der Waals surface area (Å²) in [6.07, 6.45) is 1.36. The summed E-state index contributed by atoms with van der Waals surface area (Å²) in [4.78, 5) is 7.75. The highest BCUT2D eigenvalue weighted by molar-refractivity contribution is 5.61. The van der Waals surface area contributed by atoms with Crippen molar-refractivity contribution in [2.75, 3.05) is 5.73 Å². The van der Waals surface area contributed by atoms with Crippen LogP contribution in [0.1, 0.15) is 0 Å². The summed E-state index contributed by atoms with van der Waals surface area (Å²) in [6.45, 7) is 0. The molecule has 0 saturated heterocycles. The molecule has 0 unspecified atom stereocenters. The highest BCUT2D eigenvalue weighted by Crippen LogP contribution is 2.18. The van der Waals surface area contributed by atoms with Gasteiger partial charge in [0.05, 0.1) is 5.69 Å². The van der Waals surface area contributed by atoms with Gasteiger partial charge in [0, 0.05) is 11.6 Å². The highest BCUT2D eigenvalue weighted by Gasteiger charge is 2.00. The van der Waals surface area contributed by atoms with Gasteiger partial charge in [-0.05, 0) is 12.1 Å². The molecule has 14 heavy (non-hydrogen) atoms. The third kappa shape index (κ3) is 1.69. The quantitative estimate of drug-likeness (QED) is 0.744. The molecule has 2 N–H and O–H groups in total. The molecule has 0 spiro atoms. The molecule has 1 aromatic carbocycles. The SMILES string of the molecule is Nc1cc(-c2cccc(F)c2)ncn1. The maximum absolute atomic E-state index is 12.9. The van der Waals surface area contributed by atoms with Gasteiger partial charge in [-0.2, -0.15) is 0 Å². The van der Waals surface area contributed by atoms with Gasteiger partial charge in [0.1, 0.15) is 18.0 Å². The molecule has 70 valence electrons. The topological polar surface area (TPSA) is 51.8 Å². The standard InChI is InChI=1S/C10H8FN3/c11-8-3-1-2-7(4-8)9-5-10(12)14-6-13-9/h1-6H,(H2,12,13,14). The zero-order chi connectivity index (χ0) is 9.97. The summed E-state index contributed by atoms with van der Waals surface area (Å²) in [5.41, 5.74) is 6.80. The van der Waals surface area contributed by atoms with Crippen molar-refractivity contribution < 1.29 is 4.39 Å². The minimum Gasteiger partial charge on any atom is -0.384 e. The van der Waals surface area contributed by atoms with Gasteiger partial charge in [0.2, 0.25) is 0 Å². The third-order valence-electron chi connectivity index (χ3n) is 1.81. The van der Waals surface area contributed by atoms with Crippen LogP contribution in [0.4, 0.5) is 10.2 Å². The number of hydrogen-bond donors (Lipinski definition) is 1.